The minimum atomic E-state index is -0.817. The van der Waals surface area contributed by atoms with Crippen LogP contribution >= 0.6 is 0 Å². The van der Waals surface area contributed by atoms with Gasteiger partial charge in [0.05, 0.1) is 11.7 Å². The standard InChI is InChI=1S/C11H23NO3/c1-11(2,3)15-10(13)12-7-5-6-9(8-12)14-4/h9-10,13H,5-8H2,1-4H3. The van der Waals surface area contributed by atoms with Gasteiger partial charge in [-0.2, -0.15) is 0 Å². The van der Waals surface area contributed by atoms with Crippen LogP contribution in [-0.4, -0.2) is 48.3 Å². The number of hydrogen-bond donors (Lipinski definition) is 1. The average Bonchev–Trinajstić information content (AvgIpc) is 2.15. The molecular weight excluding hydrogens is 194 g/mol. The number of hydrogen-bond acceptors (Lipinski definition) is 4. The van der Waals surface area contributed by atoms with Crippen LogP contribution in [0.5, 0.6) is 0 Å². The quantitative estimate of drug-likeness (QED) is 0.721. The van der Waals surface area contributed by atoms with Crippen LogP contribution in [-0.2, 0) is 9.47 Å². The molecule has 0 bridgehead atoms. The second kappa shape index (κ2) is 5.25. The largest absolute Gasteiger partial charge is 0.380 e. The predicted octanol–water partition coefficient (Wildman–Crippen LogP) is 1.19. The fourth-order valence-corrected chi connectivity index (χ4v) is 1.75. The van der Waals surface area contributed by atoms with Crippen LogP contribution in [0.4, 0.5) is 0 Å². The lowest BCUT2D eigenvalue weighted by Gasteiger charge is -2.37. The van der Waals surface area contributed by atoms with Gasteiger partial charge < -0.3 is 14.6 Å². The summed E-state index contributed by atoms with van der Waals surface area (Å²) >= 11 is 0. The molecule has 1 saturated heterocycles. The molecular formula is C11H23NO3. The van der Waals surface area contributed by atoms with Crippen molar-refractivity contribution in [1.82, 2.24) is 4.90 Å². The minimum absolute atomic E-state index is 0.219. The van der Waals surface area contributed by atoms with Crippen LogP contribution in [0.1, 0.15) is 33.6 Å². The molecule has 1 aliphatic heterocycles. The van der Waals surface area contributed by atoms with Crippen molar-refractivity contribution < 1.29 is 14.6 Å². The molecule has 0 aromatic heterocycles. The molecule has 0 amide bonds. The van der Waals surface area contributed by atoms with E-state index in [1.54, 1.807) is 7.11 Å². The van der Waals surface area contributed by atoms with Crippen molar-refractivity contribution in [3.05, 3.63) is 0 Å². The van der Waals surface area contributed by atoms with Gasteiger partial charge in [0, 0.05) is 20.2 Å². The molecule has 4 nitrogen and oxygen atoms in total. The summed E-state index contributed by atoms with van der Waals surface area (Å²) in [7, 11) is 1.71. The van der Waals surface area contributed by atoms with E-state index in [2.05, 4.69) is 0 Å². The van der Waals surface area contributed by atoms with E-state index in [0.29, 0.717) is 0 Å². The zero-order chi connectivity index (χ0) is 11.5. The van der Waals surface area contributed by atoms with Gasteiger partial charge in [-0.3, -0.25) is 4.90 Å². The smallest absolute Gasteiger partial charge is 0.216 e. The molecule has 0 aliphatic carbocycles. The molecule has 0 aromatic carbocycles. The van der Waals surface area contributed by atoms with E-state index in [1.807, 2.05) is 25.7 Å². The number of rotatable bonds is 3. The molecule has 90 valence electrons. The lowest BCUT2D eigenvalue weighted by atomic mass is 10.1. The summed E-state index contributed by atoms with van der Waals surface area (Å²) in [5.41, 5.74) is -0.320. The third-order valence-corrected chi connectivity index (χ3v) is 2.51. The highest BCUT2D eigenvalue weighted by molar-refractivity contribution is 4.73. The van der Waals surface area contributed by atoms with Crippen molar-refractivity contribution in [1.29, 1.82) is 0 Å². The summed E-state index contributed by atoms with van der Waals surface area (Å²) in [5.74, 6) is 0. The van der Waals surface area contributed by atoms with Crippen molar-refractivity contribution >= 4 is 0 Å². The maximum atomic E-state index is 9.87. The number of ether oxygens (including phenoxy) is 2. The number of aliphatic hydroxyl groups is 1. The first kappa shape index (κ1) is 12.9. The molecule has 1 aliphatic rings. The van der Waals surface area contributed by atoms with Crippen LogP contribution in [0.3, 0.4) is 0 Å². The highest BCUT2D eigenvalue weighted by Gasteiger charge is 2.27. The van der Waals surface area contributed by atoms with E-state index in [1.165, 1.54) is 0 Å². The highest BCUT2D eigenvalue weighted by Crippen LogP contribution is 2.18. The third-order valence-electron chi connectivity index (χ3n) is 2.51. The van der Waals surface area contributed by atoms with E-state index in [-0.39, 0.29) is 11.7 Å². The Bertz CT molecular complexity index is 191. The Labute approximate surface area is 92.2 Å². The van der Waals surface area contributed by atoms with Gasteiger partial charge in [-0.1, -0.05) is 0 Å². The van der Waals surface area contributed by atoms with Crippen molar-refractivity contribution in [2.24, 2.45) is 0 Å². The second-order valence-corrected chi connectivity index (χ2v) is 5.05. The lowest BCUT2D eigenvalue weighted by molar-refractivity contribution is -0.248. The van der Waals surface area contributed by atoms with E-state index >= 15 is 0 Å². The zero-order valence-corrected chi connectivity index (χ0v) is 10.2. The van der Waals surface area contributed by atoms with E-state index in [9.17, 15) is 5.11 Å². The van der Waals surface area contributed by atoms with Crippen LogP contribution in [0.15, 0.2) is 0 Å². The fourth-order valence-electron chi connectivity index (χ4n) is 1.75. The number of likely N-dealkylation sites (tertiary alicyclic amines) is 1. The average molecular weight is 217 g/mol. The Kier molecular flexibility index (Phi) is 4.52. The third kappa shape index (κ3) is 4.47. The first-order chi connectivity index (χ1) is 6.92. The van der Waals surface area contributed by atoms with Crippen molar-refractivity contribution in [3.63, 3.8) is 0 Å². The monoisotopic (exact) mass is 217 g/mol. The van der Waals surface area contributed by atoms with Crippen LogP contribution in [0.25, 0.3) is 0 Å². The molecule has 0 radical (unpaired) electrons. The van der Waals surface area contributed by atoms with Gasteiger partial charge >= 0.3 is 0 Å². The molecule has 2 unspecified atom stereocenters. The molecule has 0 spiro atoms. The van der Waals surface area contributed by atoms with Crippen LogP contribution in [0, 0.1) is 0 Å². The molecule has 4 heteroatoms. The van der Waals surface area contributed by atoms with Crippen LogP contribution < -0.4 is 0 Å². The first-order valence-electron chi connectivity index (χ1n) is 5.55. The second-order valence-electron chi connectivity index (χ2n) is 5.05. The SMILES string of the molecule is COC1CCCN(C(O)OC(C)(C)C)C1. The fraction of sp³-hybridized carbons (Fsp3) is 1.00. The van der Waals surface area contributed by atoms with E-state index in [4.69, 9.17) is 9.47 Å². The maximum Gasteiger partial charge on any atom is 0.216 e. The molecule has 15 heavy (non-hydrogen) atoms. The van der Waals surface area contributed by atoms with Gasteiger partial charge in [0.15, 0.2) is 0 Å². The van der Waals surface area contributed by atoms with Gasteiger partial charge in [0.25, 0.3) is 0 Å². The summed E-state index contributed by atoms with van der Waals surface area (Å²) in [6.45, 7) is 7.43. The normalized spacial score (nSPS) is 26.6. The first-order valence-corrected chi connectivity index (χ1v) is 5.55. The van der Waals surface area contributed by atoms with Crippen LogP contribution in [0.2, 0.25) is 0 Å². The number of nitrogens with zero attached hydrogens (tertiary/aromatic N) is 1. The van der Waals surface area contributed by atoms with Gasteiger partial charge in [-0.05, 0) is 33.6 Å². The number of aliphatic hydroxyl groups excluding tert-OH is 1. The van der Waals surface area contributed by atoms with Gasteiger partial charge in [-0.15, -0.1) is 0 Å². The Hall–Kier alpha value is -0.160. The summed E-state index contributed by atoms with van der Waals surface area (Å²) in [5, 5.41) is 9.87. The molecule has 2 atom stereocenters. The molecule has 1 N–H and O–H groups in total. The topological polar surface area (TPSA) is 41.9 Å². The van der Waals surface area contributed by atoms with Crippen molar-refractivity contribution in [2.75, 3.05) is 20.2 Å². The number of piperidine rings is 1. The van der Waals surface area contributed by atoms with Crippen molar-refractivity contribution in [3.8, 4) is 0 Å². The molecule has 0 aromatic rings. The number of methoxy groups -OCH3 is 1. The molecule has 0 saturated carbocycles. The summed E-state index contributed by atoms with van der Waals surface area (Å²) in [6, 6.07) is 0. The summed E-state index contributed by atoms with van der Waals surface area (Å²) in [6.07, 6.45) is 1.51. The van der Waals surface area contributed by atoms with E-state index in [0.717, 1.165) is 25.9 Å². The van der Waals surface area contributed by atoms with E-state index < -0.39 is 6.41 Å². The Morgan fingerprint density at radius 2 is 2.07 bits per heavy atom. The Morgan fingerprint density at radius 1 is 1.40 bits per heavy atom. The van der Waals surface area contributed by atoms with Crippen molar-refractivity contribution in [2.45, 2.75) is 51.7 Å². The van der Waals surface area contributed by atoms with Gasteiger partial charge in [0.1, 0.15) is 0 Å². The Balaban J connectivity index is 2.41. The predicted molar refractivity (Wildman–Crippen MR) is 58.4 cm³/mol. The lowest BCUT2D eigenvalue weighted by Crippen LogP contribution is -2.48. The van der Waals surface area contributed by atoms with Gasteiger partial charge in [-0.25, -0.2) is 0 Å². The Morgan fingerprint density at radius 3 is 2.60 bits per heavy atom. The molecule has 1 heterocycles. The summed E-state index contributed by atoms with van der Waals surface area (Å²) < 4.78 is 10.8. The highest BCUT2D eigenvalue weighted by atomic mass is 16.6. The van der Waals surface area contributed by atoms with Gasteiger partial charge in [0.2, 0.25) is 6.41 Å². The minimum Gasteiger partial charge on any atom is -0.380 e. The zero-order valence-electron chi connectivity index (χ0n) is 10.2. The molecule has 1 fully saturated rings. The maximum absolute atomic E-state index is 9.87. The molecule has 1 rings (SSSR count). The summed E-state index contributed by atoms with van der Waals surface area (Å²) in [4.78, 5) is 1.92.